The zero-order valence-corrected chi connectivity index (χ0v) is 16.2. The van der Waals surface area contributed by atoms with Crippen LogP contribution in [-0.2, 0) is 19.6 Å². The number of aliphatic imine (C=N–C) groups is 1. The normalized spacial score (nSPS) is 16.3. The van der Waals surface area contributed by atoms with Gasteiger partial charge in [0.1, 0.15) is 5.84 Å². The number of fused-ring (bicyclic) bond motifs is 1. The van der Waals surface area contributed by atoms with Gasteiger partial charge in [-0.3, -0.25) is 14.5 Å². The van der Waals surface area contributed by atoms with Crippen LogP contribution in [0.4, 0.5) is 0 Å². The fourth-order valence-corrected chi connectivity index (χ4v) is 4.02. The summed E-state index contributed by atoms with van der Waals surface area (Å²) in [6, 6.07) is 6.83. The van der Waals surface area contributed by atoms with E-state index < -0.39 is 10.0 Å². The van der Waals surface area contributed by atoms with Gasteiger partial charge in [-0.05, 0) is 31.4 Å². The quantitative estimate of drug-likeness (QED) is 0.626. The van der Waals surface area contributed by atoms with E-state index in [1.54, 1.807) is 36.3 Å². The molecule has 0 aliphatic carbocycles. The molecule has 8 heteroatoms. The number of hydrogen-bond donors (Lipinski definition) is 1. The van der Waals surface area contributed by atoms with Crippen LogP contribution < -0.4 is 4.72 Å². The van der Waals surface area contributed by atoms with Crippen molar-refractivity contribution in [2.24, 2.45) is 4.99 Å². The highest BCUT2D eigenvalue weighted by atomic mass is 32.2. The minimum atomic E-state index is -3.47. The fraction of sp³-hybridized carbons (Fsp3) is 0.556. The van der Waals surface area contributed by atoms with E-state index in [2.05, 4.69) is 9.71 Å². The number of unbranched alkanes of at least 4 members (excludes halogenated alkanes) is 2. The summed E-state index contributed by atoms with van der Waals surface area (Å²) in [6.07, 6.45) is 3.86. The average molecular weight is 381 g/mol. The van der Waals surface area contributed by atoms with Gasteiger partial charge in [0.25, 0.3) is 10.0 Å². The molecule has 144 valence electrons. The molecule has 0 saturated carbocycles. The molecule has 1 amide bonds. The monoisotopic (exact) mass is 381 g/mol. The number of methoxy groups -OCH3 is 1. The van der Waals surface area contributed by atoms with Crippen molar-refractivity contribution in [3.63, 3.8) is 0 Å². The number of carbonyl (C=O) groups is 1. The summed E-state index contributed by atoms with van der Waals surface area (Å²) in [5.74, 6) is 0.555. The third-order valence-electron chi connectivity index (χ3n) is 4.25. The number of hydrogen-bond acceptors (Lipinski definition) is 5. The minimum Gasteiger partial charge on any atom is -0.385 e. The molecule has 0 unspecified atom stereocenters. The Morgan fingerprint density at radius 1 is 1.19 bits per heavy atom. The van der Waals surface area contributed by atoms with Crippen LogP contribution in [0.5, 0.6) is 0 Å². The van der Waals surface area contributed by atoms with E-state index in [0.29, 0.717) is 37.5 Å². The zero-order chi connectivity index (χ0) is 19.0. The molecule has 0 saturated heterocycles. The molecule has 7 nitrogen and oxygen atoms in total. The lowest BCUT2D eigenvalue weighted by molar-refractivity contribution is -0.130. The molecule has 26 heavy (non-hydrogen) atoms. The second kappa shape index (κ2) is 9.68. The van der Waals surface area contributed by atoms with Gasteiger partial charge in [-0.1, -0.05) is 18.6 Å². The summed E-state index contributed by atoms with van der Waals surface area (Å²) in [5.41, 5.74) is 0.625. The third kappa shape index (κ3) is 5.54. The van der Waals surface area contributed by atoms with Crippen LogP contribution >= 0.6 is 0 Å². The summed E-state index contributed by atoms with van der Waals surface area (Å²) in [4.78, 5) is 18.4. The Bertz CT molecular complexity index is 747. The number of ether oxygens (including phenoxy) is 1. The molecular weight excluding hydrogens is 354 g/mol. The lowest BCUT2D eigenvalue weighted by atomic mass is 10.1. The van der Waals surface area contributed by atoms with E-state index in [4.69, 9.17) is 4.74 Å². The summed E-state index contributed by atoms with van der Waals surface area (Å²) in [6.45, 7) is 1.90. The maximum Gasteiger partial charge on any atom is 0.263 e. The molecule has 0 fully saturated rings. The van der Waals surface area contributed by atoms with Crippen molar-refractivity contribution >= 4 is 21.8 Å². The Morgan fingerprint density at radius 2 is 1.96 bits per heavy atom. The summed E-state index contributed by atoms with van der Waals surface area (Å²) in [5, 5.41) is 0. The van der Waals surface area contributed by atoms with Gasteiger partial charge in [-0.2, -0.15) is 0 Å². The summed E-state index contributed by atoms with van der Waals surface area (Å²) < 4.78 is 31.5. The highest BCUT2D eigenvalue weighted by Crippen LogP contribution is 2.22. The van der Waals surface area contributed by atoms with E-state index in [1.807, 2.05) is 7.05 Å². The Morgan fingerprint density at radius 3 is 2.73 bits per heavy atom. The van der Waals surface area contributed by atoms with Gasteiger partial charge >= 0.3 is 0 Å². The number of amidine groups is 1. The second-order valence-corrected chi connectivity index (χ2v) is 7.96. The van der Waals surface area contributed by atoms with Gasteiger partial charge in [-0.15, -0.1) is 0 Å². The van der Waals surface area contributed by atoms with Gasteiger partial charge in [0.2, 0.25) is 5.91 Å². The zero-order valence-electron chi connectivity index (χ0n) is 15.4. The summed E-state index contributed by atoms with van der Waals surface area (Å²) >= 11 is 0. The van der Waals surface area contributed by atoms with Gasteiger partial charge in [0, 0.05) is 45.8 Å². The highest BCUT2D eigenvalue weighted by Gasteiger charge is 2.29. The maximum atomic E-state index is 12.0. The van der Waals surface area contributed by atoms with Crippen LogP contribution in [0.25, 0.3) is 0 Å². The number of rotatable bonds is 10. The van der Waals surface area contributed by atoms with Crippen molar-refractivity contribution in [1.29, 1.82) is 0 Å². The molecule has 0 aromatic heterocycles. The molecule has 1 N–H and O–H groups in total. The molecule has 1 aromatic rings. The van der Waals surface area contributed by atoms with Crippen molar-refractivity contribution in [3.05, 3.63) is 29.8 Å². The van der Waals surface area contributed by atoms with Crippen molar-refractivity contribution in [2.45, 2.75) is 37.0 Å². The average Bonchev–Trinajstić information content (AvgIpc) is 2.89. The van der Waals surface area contributed by atoms with E-state index >= 15 is 0 Å². The Hall–Kier alpha value is -1.93. The van der Waals surface area contributed by atoms with Gasteiger partial charge in [-0.25, -0.2) is 8.42 Å². The Kier molecular flexibility index (Phi) is 7.59. The number of nitrogens with one attached hydrogen (secondary N) is 1. The van der Waals surface area contributed by atoms with Gasteiger partial charge in [0.15, 0.2) is 0 Å². The molecule has 0 bridgehead atoms. The molecule has 0 atom stereocenters. The topological polar surface area (TPSA) is 88.1 Å². The third-order valence-corrected chi connectivity index (χ3v) is 5.65. The lowest BCUT2D eigenvalue weighted by Crippen LogP contribution is -2.28. The van der Waals surface area contributed by atoms with Gasteiger partial charge < -0.3 is 9.64 Å². The Labute approximate surface area is 155 Å². The molecule has 1 aliphatic rings. The molecule has 0 radical (unpaired) electrons. The largest absolute Gasteiger partial charge is 0.385 e. The van der Waals surface area contributed by atoms with Crippen molar-refractivity contribution < 1.29 is 17.9 Å². The van der Waals surface area contributed by atoms with Gasteiger partial charge in [0.05, 0.1) is 4.90 Å². The number of nitrogens with zero attached hydrogens (tertiary/aromatic N) is 2. The van der Waals surface area contributed by atoms with Crippen LogP contribution in [0.15, 0.2) is 34.2 Å². The first-order valence-electron chi connectivity index (χ1n) is 8.85. The number of benzene rings is 1. The Balaban J connectivity index is 1.70. The lowest BCUT2D eigenvalue weighted by Gasteiger charge is -2.16. The smallest absolute Gasteiger partial charge is 0.263 e. The number of amides is 1. The van der Waals surface area contributed by atoms with Crippen LogP contribution in [0.3, 0.4) is 0 Å². The molecule has 1 aromatic carbocycles. The first-order chi connectivity index (χ1) is 12.5. The predicted molar refractivity (Wildman–Crippen MR) is 101 cm³/mol. The molecule has 1 aliphatic heterocycles. The van der Waals surface area contributed by atoms with E-state index in [1.165, 1.54) is 0 Å². The molecule has 0 spiro atoms. The molecular formula is C18H27N3O4S. The predicted octanol–water partition coefficient (Wildman–Crippen LogP) is 1.78. The van der Waals surface area contributed by atoms with Crippen molar-refractivity contribution in [2.75, 3.05) is 33.9 Å². The number of sulfonamides is 1. The van der Waals surface area contributed by atoms with Crippen LogP contribution in [0.2, 0.25) is 0 Å². The first kappa shape index (κ1) is 20.4. The van der Waals surface area contributed by atoms with Crippen LogP contribution in [-0.4, -0.2) is 58.9 Å². The van der Waals surface area contributed by atoms with Crippen molar-refractivity contribution in [3.8, 4) is 0 Å². The minimum absolute atomic E-state index is 0.143. The highest BCUT2D eigenvalue weighted by molar-refractivity contribution is 7.90. The SMILES string of the molecule is COCCCN(C)C(=O)CCCCCN=C1NS(=O)(=O)c2ccccc21. The molecule has 2 rings (SSSR count). The fourth-order valence-electron chi connectivity index (χ4n) is 2.77. The van der Waals surface area contributed by atoms with E-state index in [-0.39, 0.29) is 10.8 Å². The maximum absolute atomic E-state index is 12.0. The number of carbonyl (C=O) groups excluding carboxylic acids is 1. The van der Waals surface area contributed by atoms with Crippen molar-refractivity contribution in [1.82, 2.24) is 9.62 Å². The van der Waals surface area contributed by atoms with Crippen LogP contribution in [0.1, 0.15) is 37.7 Å². The summed E-state index contributed by atoms with van der Waals surface area (Å²) in [7, 11) is -0.00637. The van der Waals surface area contributed by atoms with Crippen LogP contribution in [0, 0.1) is 0 Å². The van der Waals surface area contributed by atoms with E-state index in [9.17, 15) is 13.2 Å². The molecule has 1 heterocycles. The first-order valence-corrected chi connectivity index (χ1v) is 10.3. The second-order valence-electron chi connectivity index (χ2n) is 6.30. The van der Waals surface area contributed by atoms with E-state index in [0.717, 1.165) is 25.7 Å². The standard InChI is InChI=1S/C18H27N3O4S/c1-21(13-8-14-25-2)17(22)11-4-3-7-12-19-18-15-9-5-6-10-16(15)26(23,24)20-18/h5-6,9-10H,3-4,7-8,11-14H2,1-2H3,(H,19,20).